The Labute approximate surface area is 94.4 Å². The molecule has 0 aromatic carbocycles. The molecule has 0 N–H and O–H groups in total. The lowest BCUT2D eigenvalue weighted by Gasteiger charge is -2.29. The molecule has 1 aliphatic rings. The molecule has 0 amide bonds. The second-order valence-corrected chi connectivity index (χ2v) is 4.71. The van der Waals surface area contributed by atoms with Crippen molar-refractivity contribution in [3.8, 4) is 0 Å². The van der Waals surface area contributed by atoms with Gasteiger partial charge in [-0.15, -0.1) is 0 Å². The van der Waals surface area contributed by atoms with Crippen molar-refractivity contribution in [2.24, 2.45) is 0 Å². The lowest BCUT2D eigenvalue weighted by Crippen LogP contribution is -2.38. The summed E-state index contributed by atoms with van der Waals surface area (Å²) in [6.07, 6.45) is 4.54. The second-order valence-electron chi connectivity index (χ2n) is 4.71. The van der Waals surface area contributed by atoms with Crippen molar-refractivity contribution in [3.63, 3.8) is 0 Å². The van der Waals surface area contributed by atoms with Crippen molar-refractivity contribution < 1.29 is 4.74 Å². The number of methoxy groups -OCH3 is 1. The summed E-state index contributed by atoms with van der Waals surface area (Å²) in [5.74, 6) is 0. The van der Waals surface area contributed by atoms with Gasteiger partial charge in [0.1, 0.15) is 0 Å². The number of rotatable bonds is 6. The third-order valence-corrected chi connectivity index (χ3v) is 3.22. The maximum absolute atomic E-state index is 5.26. The Morgan fingerprint density at radius 2 is 1.93 bits per heavy atom. The van der Waals surface area contributed by atoms with Crippen LogP contribution in [0.4, 0.5) is 0 Å². The van der Waals surface area contributed by atoms with E-state index in [9.17, 15) is 0 Å². The fourth-order valence-corrected chi connectivity index (χ4v) is 2.10. The summed E-state index contributed by atoms with van der Waals surface area (Å²) >= 11 is 0. The fourth-order valence-electron chi connectivity index (χ4n) is 2.10. The zero-order chi connectivity index (χ0) is 11.1. The molecule has 1 rings (SSSR count). The van der Waals surface area contributed by atoms with Crippen LogP contribution in [0.1, 0.15) is 26.2 Å². The van der Waals surface area contributed by atoms with E-state index in [2.05, 4.69) is 23.8 Å². The van der Waals surface area contributed by atoms with Crippen LogP contribution in [0.25, 0.3) is 0 Å². The number of hydrogen-bond donors (Lipinski definition) is 0. The van der Waals surface area contributed by atoms with Crippen molar-refractivity contribution in [2.45, 2.75) is 32.3 Å². The molecule has 0 spiro atoms. The van der Waals surface area contributed by atoms with E-state index in [4.69, 9.17) is 4.74 Å². The molecule has 3 heteroatoms. The number of likely N-dealkylation sites (N-methyl/N-ethyl adjacent to an activating group) is 1. The van der Waals surface area contributed by atoms with Crippen LogP contribution in [0.3, 0.4) is 0 Å². The van der Waals surface area contributed by atoms with Gasteiger partial charge in [0, 0.05) is 26.7 Å². The minimum atomic E-state index is 0.344. The normalized spacial score (nSPS) is 20.8. The second kappa shape index (κ2) is 7.20. The standard InChI is InChI=1S/C12H26N2O/c1-12(15-3)11-13(2)9-10-14-7-5-4-6-8-14/h12H,4-11H2,1-3H3. The summed E-state index contributed by atoms with van der Waals surface area (Å²) in [5, 5.41) is 0. The fraction of sp³-hybridized carbons (Fsp3) is 1.00. The van der Waals surface area contributed by atoms with Gasteiger partial charge in [0.15, 0.2) is 0 Å². The van der Waals surface area contributed by atoms with Crippen molar-refractivity contribution in [2.75, 3.05) is 46.9 Å². The molecule has 1 unspecified atom stereocenters. The number of hydrogen-bond acceptors (Lipinski definition) is 3. The molecule has 0 aliphatic carbocycles. The van der Waals surface area contributed by atoms with Gasteiger partial charge in [-0.25, -0.2) is 0 Å². The third kappa shape index (κ3) is 5.50. The van der Waals surface area contributed by atoms with E-state index in [0.717, 1.165) is 13.1 Å². The minimum Gasteiger partial charge on any atom is -0.380 e. The van der Waals surface area contributed by atoms with Gasteiger partial charge in [-0.05, 0) is 39.9 Å². The van der Waals surface area contributed by atoms with Gasteiger partial charge in [-0.2, -0.15) is 0 Å². The summed E-state index contributed by atoms with van der Waals surface area (Å²) in [6.45, 7) is 8.13. The van der Waals surface area contributed by atoms with Crippen molar-refractivity contribution in [1.82, 2.24) is 9.80 Å². The van der Waals surface area contributed by atoms with E-state index in [1.807, 2.05) is 0 Å². The van der Waals surface area contributed by atoms with E-state index in [0.29, 0.717) is 6.10 Å². The maximum atomic E-state index is 5.26. The lowest BCUT2D eigenvalue weighted by molar-refractivity contribution is 0.0807. The van der Waals surface area contributed by atoms with Crippen LogP contribution in [0.5, 0.6) is 0 Å². The molecule has 90 valence electrons. The average Bonchev–Trinajstić information content (AvgIpc) is 2.27. The van der Waals surface area contributed by atoms with Gasteiger partial charge in [0.2, 0.25) is 0 Å². The van der Waals surface area contributed by atoms with Gasteiger partial charge >= 0.3 is 0 Å². The molecule has 1 saturated heterocycles. The topological polar surface area (TPSA) is 15.7 Å². The Balaban J connectivity index is 2.07. The summed E-state index contributed by atoms with van der Waals surface area (Å²) < 4.78 is 5.26. The van der Waals surface area contributed by atoms with Crippen LogP contribution in [0.15, 0.2) is 0 Å². The zero-order valence-electron chi connectivity index (χ0n) is 10.5. The molecule has 1 atom stereocenters. The van der Waals surface area contributed by atoms with E-state index in [1.54, 1.807) is 7.11 Å². The summed E-state index contributed by atoms with van der Waals surface area (Å²) in [6, 6.07) is 0. The van der Waals surface area contributed by atoms with E-state index >= 15 is 0 Å². The first-order valence-corrected chi connectivity index (χ1v) is 6.16. The number of ether oxygens (including phenoxy) is 1. The van der Waals surface area contributed by atoms with Crippen LogP contribution < -0.4 is 0 Å². The summed E-state index contributed by atoms with van der Waals surface area (Å²) in [7, 11) is 3.96. The molecule has 0 saturated carbocycles. The third-order valence-electron chi connectivity index (χ3n) is 3.22. The van der Waals surface area contributed by atoms with E-state index in [1.165, 1.54) is 38.9 Å². The molecule has 0 aromatic rings. The van der Waals surface area contributed by atoms with E-state index < -0.39 is 0 Å². The monoisotopic (exact) mass is 214 g/mol. The highest BCUT2D eigenvalue weighted by molar-refractivity contribution is 4.67. The quantitative estimate of drug-likeness (QED) is 0.665. The van der Waals surface area contributed by atoms with Gasteiger partial charge in [0.25, 0.3) is 0 Å². The Kier molecular flexibility index (Phi) is 6.22. The molecule has 3 nitrogen and oxygen atoms in total. The van der Waals surface area contributed by atoms with Crippen LogP contribution in [-0.2, 0) is 4.74 Å². The predicted octanol–water partition coefficient (Wildman–Crippen LogP) is 1.44. The van der Waals surface area contributed by atoms with Gasteiger partial charge in [0.05, 0.1) is 6.10 Å². The number of nitrogens with zero attached hydrogens (tertiary/aromatic N) is 2. The van der Waals surface area contributed by atoms with Crippen molar-refractivity contribution >= 4 is 0 Å². The highest BCUT2D eigenvalue weighted by atomic mass is 16.5. The van der Waals surface area contributed by atoms with Crippen LogP contribution in [0.2, 0.25) is 0 Å². The highest BCUT2D eigenvalue weighted by Gasteiger charge is 2.11. The number of likely N-dealkylation sites (tertiary alicyclic amines) is 1. The molecule has 0 radical (unpaired) electrons. The van der Waals surface area contributed by atoms with Gasteiger partial charge in [-0.3, -0.25) is 0 Å². The molecule has 1 fully saturated rings. The first-order valence-electron chi connectivity index (χ1n) is 6.16. The maximum Gasteiger partial charge on any atom is 0.0670 e. The lowest BCUT2D eigenvalue weighted by atomic mass is 10.1. The molecule has 0 aromatic heterocycles. The molecule has 1 aliphatic heterocycles. The molecule has 1 heterocycles. The van der Waals surface area contributed by atoms with Gasteiger partial charge in [-0.1, -0.05) is 6.42 Å². The Morgan fingerprint density at radius 3 is 2.53 bits per heavy atom. The van der Waals surface area contributed by atoms with Crippen molar-refractivity contribution in [1.29, 1.82) is 0 Å². The Hall–Kier alpha value is -0.120. The molecular formula is C12H26N2O. The molecule has 0 bridgehead atoms. The summed E-state index contributed by atoms with van der Waals surface area (Å²) in [5.41, 5.74) is 0. The van der Waals surface area contributed by atoms with Crippen LogP contribution in [-0.4, -0.2) is 62.8 Å². The van der Waals surface area contributed by atoms with E-state index in [-0.39, 0.29) is 0 Å². The SMILES string of the molecule is COC(C)CN(C)CCN1CCCCC1. The first-order chi connectivity index (χ1) is 7.22. The summed E-state index contributed by atoms with van der Waals surface area (Å²) in [4.78, 5) is 4.94. The Bertz CT molecular complexity index is 158. The van der Waals surface area contributed by atoms with Crippen LogP contribution >= 0.6 is 0 Å². The van der Waals surface area contributed by atoms with Gasteiger partial charge < -0.3 is 14.5 Å². The first kappa shape index (κ1) is 12.9. The number of piperidine rings is 1. The minimum absolute atomic E-state index is 0.344. The van der Waals surface area contributed by atoms with Crippen LogP contribution in [0, 0.1) is 0 Å². The molecule has 15 heavy (non-hydrogen) atoms. The zero-order valence-corrected chi connectivity index (χ0v) is 10.5. The highest BCUT2D eigenvalue weighted by Crippen LogP contribution is 2.07. The predicted molar refractivity (Wildman–Crippen MR) is 64.3 cm³/mol. The molecular weight excluding hydrogens is 188 g/mol. The largest absolute Gasteiger partial charge is 0.380 e. The van der Waals surface area contributed by atoms with Crippen molar-refractivity contribution in [3.05, 3.63) is 0 Å². The average molecular weight is 214 g/mol. The smallest absolute Gasteiger partial charge is 0.0670 e. The Morgan fingerprint density at radius 1 is 1.27 bits per heavy atom.